The highest BCUT2D eigenvalue weighted by Gasteiger charge is 2.44. The first-order valence-electron chi connectivity index (χ1n) is 9.14. The van der Waals surface area contributed by atoms with Crippen LogP contribution in [0.15, 0.2) is 64.6 Å². The van der Waals surface area contributed by atoms with Crippen molar-refractivity contribution < 1.29 is 4.79 Å². The lowest BCUT2D eigenvalue weighted by molar-refractivity contribution is -0.117. The fourth-order valence-electron chi connectivity index (χ4n) is 3.24. The van der Waals surface area contributed by atoms with Crippen molar-refractivity contribution in [3.8, 4) is 0 Å². The number of nitrogens with one attached hydrogen (secondary N) is 1. The molecule has 1 aliphatic rings. The van der Waals surface area contributed by atoms with E-state index in [2.05, 4.69) is 54.6 Å². The fourth-order valence-corrected chi connectivity index (χ4v) is 4.16. The SMILES string of the molecule is Cc1ccc(Sc2ccc(NC(=O)[C@H]3C[C@@H]3c3cnn(C)c3)cc2)cc1C. The lowest BCUT2D eigenvalue weighted by Gasteiger charge is -2.08. The van der Waals surface area contributed by atoms with Crippen molar-refractivity contribution in [3.05, 3.63) is 71.5 Å². The summed E-state index contributed by atoms with van der Waals surface area (Å²) in [5, 5.41) is 7.24. The van der Waals surface area contributed by atoms with Gasteiger partial charge in [-0.25, -0.2) is 0 Å². The van der Waals surface area contributed by atoms with Gasteiger partial charge in [0.05, 0.1) is 6.20 Å². The fraction of sp³-hybridized carbons (Fsp3) is 0.273. The Kier molecular flexibility index (Phi) is 4.79. The van der Waals surface area contributed by atoms with E-state index in [0.717, 1.165) is 22.6 Å². The van der Waals surface area contributed by atoms with Gasteiger partial charge in [-0.2, -0.15) is 5.10 Å². The van der Waals surface area contributed by atoms with E-state index in [4.69, 9.17) is 0 Å². The van der Waals surface area contributed by atoms with E-state index in [1.165, 1.54) is 16.0 Å². The van der Waals surface area contributed by atoms with Crippen molar-refractivity contribution in [2.45, 2.75) is 36.0 Å². The molecule has 0 saturated heterocycles. The van der Waals surface area contributed by atoms with Crippen LogP contribution < -0.4 is 5.32 Å². The number of aryl methyl sites for hydroxylation is 3. The molecule has 1 N–H and O–H groups in total. The third-order valence-electron chi connectivity index (χ3n) is 5.12. The molecular weight excluding hydrogens is 354 g/mol. The van der Waals surface area contributed by atoms with Gasteiger partial charge in [-0.1, -0.05) is 17.8 Å². The van der Waals surface area contributed by atoms with Gasteiger partial charge in [0, 0.05) is 34.6 Å². The van der Waals surface area contributed by atoms with Gasteiger partial charge in [-0.15, -0.1) is 0 Å². The second-order valence-electron chi connectivity index (χ2n) is 7.26. The van der Waals surface area contributed by atoms with Gasteiger partial charge in [0.15, 0.2) is 0 Å². The molecule has 1 fully saturated rings. The highest BCUT2D eigenvalue weighted by atomic mass is 32.2. The summed E-state index contributed by atoms with van der Waals surface area (Å²) in [5.41, 5.74) is 4.61. The minimum Gasteiger partial charge on any atom is -0.326 e. The van der Waals surface area contributed by atoms with Crippen LogP contribution in [0.4, 0.5) is 5.69 Å². The molecule has 3 aromatic rings. The molecule has 5 heteroatoms. The molecule has 0 unspecified atom stereocenters. The Morgan fingerprint density at radius 3 is 2.52 bits per heavy atom. The second kappa shape index (κ2) is 7.24. The van der Waals surface area contributed by atoms with Gasteiger partial charge in [0.1, 0.15) is 0 Å². The van der Waals surface area contributed by atoms with Crippen molar-refractivity contribution in [3.63, 3.8) is 0 Å². The topological polar surface area (TPSA) is 46.9 Å². The first kappa shape index (κ1) is 17.9. The maximum absolute atomic E-state index is 12.5. The van der Waals surface area contributed by atoms with Gasteiger partial charge in [0.25, 0.3) is 0 Å². The number of anilines is 1. The maximum atomic E-state index is 12.5. The van der Waals surface area contributed by atoms with Crippen LogP contribution in [0, 0.1) is 19.8 Å². The number of carbonyl (C=O) groups is 1. The smallest absolute Gasteiger partial charge is 0.228 e. The third kappa shape index (κ3) is 4.08. The summed E-state index contributed by atoms with van der Waals surface area (Å²) in [6.45, 7) is 4.26. The molecule has 1 saturated carbocycles. The average molecular weight is 378 g/mol. The molecule has 1 aliphatic carbocycles. The van der Waals surface area contributed by atoms with Gasteiger partial charge in [0.2, 0.25) is 5.91 Å². The Morgan fingerprint density at radius 2 is 1.85 bits per heavy atom. The summed E-state index contributed by atoms with van der Waals surface area (Å²) in [6, 6.07) is 14.6. The summed E-state index contributed by atoms with van der Waals surface area (Å²) in [7, 11) is 1.90. The number of nitrogens with zero attached hydrogens (tertiary/aromatic N) is 2. The van der Waals surface area contributed by atoms with Crippen LogP contribution in [0.1, 0.15) is 29.0 Å². The van der Waals surface area contributed by atoms with Crippen molar-refractivity contribution in [1.29, 1.82) is 0 Å². The van der Waals surface area contributed by atoms with Crippen molar-refractivity contribution in [2.24, 2.45) is 13.0 Å². The van der Waals surface area contributed by atoms with Crippen molar-refractivity contribution in [2.75, 3.05) is 5.32 Å². The molecular formula is C22H23N3OS. The maximum Gasteiger partial charge on any atom is 0.228 e. The molecule has 27 heavy (non-hydrogen) atoms. The Bertz CT molecular complexity index is 977. The number of benzene rings is 2. The number of hydrogen-bond acceptors (Lipinski definition) is 3. The van der Waals surface area contributed by atoms with Crippen LogP contribution in [-0.2, 0) is 11.8 Å². The zero-order valence-electron chi connectivity index (χ0n) is 15.8. The highest BCUT2D eigenvalue weighted by Crippen LogP contribution is 2.47. The minimum atomic E-state index is 0.0544. The summed E-state index contributed by atoms with van der Waals surface area (Å²) in [4.78, 5) is 14.9. The Hall–Kier alpha value is -2.53. The van der Waals surface area contributed by atoms with E-state index in [1.54, 1.807) is 16.4 Å². The van der Waals surface area contributed by atoms with Gasteiger partial charge < -0.3 is 5.32 Å². The number of aromatic nitrogens is 2. The Balaban J connectivity index is 1.35. The molecule has 2 aromatic carbocycles. The first-order chi connectivity index (χ1) is 13.0. The Labute approximate surface area is 164 Å². The number of amides is 1. The predicted octanol–water partition coefficient (Wildman–Crippen LogP) is 4.93. The normalized spacial score (nSPS) is 18.3. The zero-order valence-corrected chi connectivity index (χ0v) is 16.6. The van der Waals surface area contributed by atoms with Gasteiger partial charge >= 0.3 is 0 Å². The monoisotopic (exact) mass is 377 g/mol. The molecule has 0 radical (unpaired) electrons. The van der Waals surface area contributed by atoms with Gasteiger partial charge in [-0.05, 0) is 79.3 Å². The van der Waals surface area contributed by atoms with Crippen molar-refractivity contribution >= 4 is 23.4 Å². The van der Waals surface area contributed by atoms with Crippen LogP contribution >= 0.6 is 11.8 Å². The Morgan fingerprint density at radius 1 is 1.11 bits per heavy atom. The summed E-state index contributed by atoms with van der Waals surface area (Å²) in [5.74, 6) is 0.454. The molecule has 0 bridgehead atoms. The van der Waals surface area contributed by atoms with E-state index in [1.807, 2.05) is 31.6 Å². The number of carbonyl (C=O) groups excluding carboxylic acids is 1. The van der Waals surface area contributed by atoms with Crippen LogP contribution in [0.3, 0.4) is 0 Å². The largest absolute Gasteiger partial charge is 0.326 e. The molecule has 0 spiro atoms. The zero-order chi connectivity index (χ0) is 19.0. The molecule has 1 amide bonds. The van der Waals surface area contributed by atoms with Crippen LogP contribution in [0.2, 0.25) is 0 Å². The van der Waals surface area contributed by atoms with Gasteiger partial charge in [-0.3, -0.25) is 9.48 Å². The summed E-state index contributed by atoms with van der Waals surface area (Å²) >= 11 is 1.73. The van der Waals surface area contributed by atoms with E-state index >= 15 is 0 Å². The first-order valence-corrected chi connectivity index (χ1v) is 9.96. The van der Waals surface area contributed by atoms with E-state index in [0.29, 0.717) is 5.92 Å². The lowest BCUT2D eigenvalue weighted by atomic mass is 10.1. The van der Waals surface area contributed by atoms with E-state index < -0.39 is 0 Å². The quantitative estimate of drug-likeness (QED) is 0.686. The molecule has 4 nitrogen and oxygen atoms in total. The van der Waals surface area contributed by atoms with Crippen LogP contribution in [0.25, 0.3) is 0 Å². The standard InChI is InChI=1S/C22H23N3OS/c1-14-4-7-19(10-15(14)2)27-18-8-5-17(6-9-18)24-22(26)21-11-20(21)16-12-23-25(3)13-16/h4-10,12-13,20-21H,11H2,1-3H3,(H,24,26)/t20-,21+/m1/s1. The summed E-state index contributed by atoms with van der Waals surface area (Å²) < 4.78 is 1.79. The third-order valence-corrected chi connectivity index (χ3v) is 6.11. The number of hydrogen-bond donors (Lipinski definition) is 1. The predicted molar refractivity (Wildman–Crippen MR) is 109 cm³/mol. The molecule has 138 valence electrons. The van der Waals surface area contributed by atoms with Crippen LogP contribution in [-0.4, -0.2) is 15.7 Å². The summed E-state index contributed by atoms with van der Waals surface area (Å²) in [6.07, 6.45) is 4.76. The lowest BCUT2D eigenvalue weighted by Crippen LogP contribution is -2.14. The molecule has 1 heterocycles. The van der Waals surface area contributed by atoms with E-state index in [-0.39, 0.29) is 11.8 Å². The molecule has 1 aromatic heterocycles. The minimum absolute atomic E-state index is 0.0544. The van der Waals surface area contributed by atoms with Crippen LogP contribution in [0.5, 0.6) is 0 Å². The molecule has 0 aliphatic heterocycles. The molecule has 4 rings (SSSR count). The second-order valence-corrected chi connectivity index (χ2v) is 8.40. The average Bonchev–Trinajstić information content (AvgIpc) is 3.34. The number of rotatable bonds is 5. The van der Waals surface area contributed by atoms with E-state index in [9.17, 15) is 4.79 Å². The van der Waals surface area contributed by atoms with Crippen molar-refractivity contribution in [1.82, 2.24) is 9.78 Å². The highest BCUT2D eigenvalue weighted by molar-refractivity contribution is 7.99. The molecule has 2 atom stereocenters.